The van der Waals surface area contributed by atoms with Crippen molar-refractivity contribution in [2.45, 2.75) is 11.3 Å². The lowest BCUT2D eigenvalue weighted by Gasteiger charge is -2.17. The van der Waals surface area contributed by atoms with E-state index < -0.39 is 10.0 Å². The molecule has 0 aliphatic carbocycles. The summed E-state index contributed by atoms with van der Waals surface area (Å²) in [7, 11) is 2.15. The zero-order valence-corrected chi connectivity index (χ0v) is 20.1. The Labute approximate surface area is 194 Å². The van der Waals surface area contributed by atoms with Gasteiger partial charge in [0, 0.05) is 37.2 Å². The molecule has 0 saturated heterocycles. The third-order valence-electron chi connectivity index (χ3n) is 4.80. The number of hydrogen-bond donors (Lipinski definition) is 0. The van der Waals surface area contributed by atoms with Crippen LogP contribution in [-0.2, 0) is 16.4 Å². The van der Waals surface area contributed by atoms with Gasteiger partial charge >= 0.3 is 0 Å². The second kappa shape index (κ2) is 8.66. The number of hydrogen-bond acceptors (Lipinski definition) is 8. The molecule has 0 spiro atoms. The van der Waals surface area contributed by atoms with Gasteiger partial charge in [0.1, 0.15) is 5.01 Å². The number of ether oxygens (including phenoxy) is 2. The zero-order chi connectivity index (χ0) is 23.0. The molecule has 2 heterocycles. The summed E-state index contributed by atoms with van der Waals surface area (Å²) in [5.41, 5.74) is 1.35. The summed E-state index contributed by atoms with van der Waals surface area (Å²) in [5.74, 6) is 1.23. The molecule has 0 amide bonds. The summed E-state index contributed by atoms with van der Waals surface area (Å²) in [5, 5.41) is 14.4. The predicted molar refractivity (Wildman–Crippen MR) is 122 cm³/mol. The first-order chi connectivity index (χ1) is 15.2. The Morgan fingerprint density at radius 1 is 1.09 bits per heavy atom. The first-order valence-electron chi connectivity index (χ1n) is 9.39. The fourth-order valence-electron chi connectivity index (χ4n) is 3.15. The molecule has 9 nitrogen and oxygen atoms in total. The molecule has 2 aromatic carbocycles. The molecule has 0 unspecified atom stereocenters. The van der Waals surface area contributed by atoms with Crippen LogP contribution in [0, 0.1) is 0 Å². The van der Waals surface area contributed by atoms with Crippen molar-refractivity contribution in [1.29, 1.82) is 0 Å². The second-order valence-electron chi connectivity index (χ2n) is 7.01. The lowest BCUT2D eigenvalue weighted by atomic mass is 10.1. The van der Waals surface area contributed by atoms with Gasteiger partial charge in [-0.25, -0.2) is 12.7 Å². The largest absolute Gasteiger partial charge is 0.493 e. The average Bonchev–Trinajstić information content (AvgIpc) is 3.35. The summed E-state index contributed by atoms with van der Waals surface area (Å²) >= 11 is 7.47. The lowest BCUT2D eigenvalue weighted by Crippen LogP contribution is -2.23. The highest BCUT2D eigenvalue weighted by Crippen LogP contribution is 2.35. The maximum atomic E-state index is 13.0. The number of aromatic nitrogens is 4. The lowest BCUT2D eigenvalue weighted by molar-refractivity contribution is 0.353. The van der Waals surface area contributed by atoms with Crippen LogP contribution >= 0.6 is 22.9 Å². The highest BCUT2D eigenvalue weighted by atomic mass is 35.5. The van der Waals surface area contributed by atoms with Gasteiger partial charge in [-0.15, -0.1) is 10.2 Å². The Bertz CT molecular complexity index is 1400. The first kappa shape index (κ1) is 22.5. The normalized spacial score (nSPS) is 11.9. The van der Waals surface area contributed by atoms with Crippen molar-refractivity contribution in [3.05, 3.63) is 52.8 Å². The molecule has 168 valence electrons. The third-order valence-corrected chi connectivity index (χ3v) is 7.88. The minimum absolute atomic E-state index is 0.0993. The molecule has 0 atom stereocenters. The number of fused-ring (bicyclic) bond motifs is 1. The van der Waals surface area contributed by atoms with Gasteiger partial charge in [-0.1, -0.05) is 35.1 Å². The molecular weight excluding hydrogens is 474 g/mol. The van der Waals surface area contributed by atoms with Crippen LogP contribution in [0.15, 0.2) is 41.3 Å². The Hall–Kier alpha value is -2.73. The van der Waals surface area contributed by atoms with Crippen LogP contribution in [0.5, 0.6) is 11.5 Å². The highest BCUT2D eigenvalue weighted by molar-refractivity contribution is 7.89. The van der Waals surface area contributed by atoms with Gasteiger partial charge in [0.2, 0.25) is 15.0 Å². The van der Waals surface area contributed by atoms with Crippen molar-refractivity contribution in [1.82, 2.24) is 24.1 Å². The van der Waals surface area contributed by atoms with E-state index in [0.29, 0.717) is 32.9 Å². The smallest absolute Gasteiger partial charge is 0.242 e. The van der Waals surface area contributed by atoms with E-state index in [1.807, 2.05) is 18.2 Å². The van der Waals surface area contributed by atoms with Crippen LogP contribution in [-0.4, -0.2) is 60.8 Å². The van der Waals surface area contributed by atoms with E-state index in [1.54, 1.807) is 16.6 Å². The molecule has 12 heteroatoms. The Morgan fingerprint density at radius 3 is 2.47 bits per heavy atom. The Balaban J connectivity index is 1.81. The van der Waals surface area contributed by atoms with Crippen LogP contribution < -0.4 is 9.47 Å². The zero-order valence-electron chi connectivity index (χ0n) is 17.7. The molecule has 2 aromatic heterocycles. The van der Waals surface area contributed by atoms with Crippen molar-refractivity contribution in [2.24, 2.45) is 0 Å². The number of methoxy groups -OCH3 is 2. The molecule has 0 aliphatic heterocycles. The number of benzene rings is 2. The Morgan fingerprint density at radius 2 is 1.81 bits per heavy atom. The summed E-state index contributed by atoms with van der Waals surface area (Å²) in [6, 6.07) is 10.5. The van der Waals surface area contributed by atoms with Crippen LogP contribution in [0.1, 0.15) is 11.4 Å². The molecule has 0 fully saturated rings. The number of nitrogens with zero attached hydrogens (tertiary/aromatic N) is 5. The second-order valence-corrected chi connectivity index (χ2v) is 10.5. The topological polar surface area (TPSA) is 98.9 Å². The van der Waals surface area contributed by atoms with Gasteiger partial charge in [-0.3, -0.25) is 0 Å². The minimum Gasteiger partial charge on any atom is -0.493 e. The maximum Gasteiger partial charge on any atom is 0.242 e. The van der Waals surface area contributed by atoms with Gasteiger partial charge in [0.05, 0.1) is 19.1 Å². The molecule has 0 aliphatic rings. The van der Waals surface area contributed by atoms with Crippen molar-refractivity contribution in [2.75, 3.05) is 28.3 Å². The van der Waals surface area contributed by atoms with Crippen LogP contribution in [0.25, 0.3) is 15.5 Å². The van der Waals surface area contributed by atoms with Gasteiger partial charge < -0.3 is 9.47 Å². The molecule has 32 heavy (non-hydrogen) atoms. The van der Waals surface area contributed by atoms with Crippen LogP contribution in [0.3, 0.4) is 0 Å². The number of rotatable bonds is 7. The monoisotopic (exact) mass is 493 g/mol. The van der Waals surface area contributed by atoms with Crippen LogP contribution in [0.4, 0.5) is 0 Å². The van der Waals surface area contributed by atoms with E-state index >= 15 is 0 Å². The standard InChI is InChI=1S/C20H20ClN5O4S2/c1-25(2)32(27,28)17-11-16(30-4)15(29-3)9-13(17)10-18-22-23-20-26(18)24-19(31-20)12-6-5-7-14(21)8-12/h5-9,11H,10H2,1-4H3. The van der Waals surface area contributed by atoms with E-state index in [4.69, 9.17) is 21.1 Å². The van der Waals surface area contributed by atoms with Crippen molar-refractivity contribution < 1.29 is 17.9 Å². The average molecular weight is 494 g/mol. The van der Waals surface area contributed by atoms with Crippen LogP contribution in [0.2, 0.25) is 5.02 Å². The minimum atomic E-state index is -3.76. The van der Waals surface area contributed by atoms with E-state index in [1.165, 1.54) is 45.7 Å². The first-order valence-corrected chi connectivity index (χ1v) is 12.0. The van der Waals surface area contributed by atoms with E-state index in [-0.39, 0.29) is 11.3 Å². The Kier molecular flexibility index (Phi) is 6.08. The SMILES string of the molecule is COc1cc(Cc2nnc3sc(-c4cccc(Cl)c4)nn23)c(S(=O)(=O)N(C)C)cc1OC. The van der Waals surface area contributed by atoms with Gasteiger partial charge in [-0.05, 0) is 23.8 Å². The molecule has 4 rings (SSSR count). The summed E-state index contributed by atoms with van der Waals surface area (Å²) in [6.07, 6.45) is 0.169. The quantitative estimate of drug-likeness (QED) is 0.389. The van der Waals surface area contributed by atoms with E-state index in [0.717, 1.165) is 14.9 Å². The van der Waals surface area contributed by atoms with E-state index in [2.05, 4.69) is 15.3 Å². The highest BCUT2D eigenvalue weighted by Gasteiger charge is 2.26. The number of sulfonamides is 1. The van der Waals surface area contributed by atoms with Crippen molar-refractivity contribution in [3.63, 3.8) is 0 Å². The number of halogens is 1. The summed E-state index contributed by atoms with van der Waals surface area (Å²) in [6.45, 7) is 0. The molecule has 0 N–H and O–H groups in total. The fraction of sp³-hybridized carbons (Fsp3) is 0.250. The predicted octanol–water partition coefficient (Wildman–Crippen LogP) is 3.36. The molecule has 0 saturated carbocycles. The van der Waals surface area contributed by atoms with Gasteiger partial charge in [0.25, 0.3) is 0 Å². The van der Waals surface area contributed by atoms with Crippen molar-refractivity contribution in [3.8, 4) is 22.1 Å². The summed E-state index contributed by atoms with van der Waals surface area (Å²) < 4.78 is 39.4. The molecule has 4 aromatic rings. The third kappa shape index (κ3) is 4.04. The van der Waals surface area contributed by atoms with Gasteiger partial charge in [0.15, 0.2) is 17.3 Å². The fourth-order valence-corrected chi connectivity index (χ4v) is 5.31. The van der Waals surface area contributed by atoms with E-state index in [9.17, 15) is 8.42 Å². The summed E-state index contributed by atoms with van der Waals surface area (Å²) in [4.78, 5) is 0.690. The maximum absolute atomic E-state index is 13.0. The van der Waals surface area contributed by atoms with Gasteiger partial charge in [-0.2, -0.15) is 9.61 Å². The molecule has 0 bridgehead atoms. The van der Waals surface area contributed by atoms with Crippen molar-refractivity contribution >= 4 is 37.9 Å². The molecular formula is C20H20ClN5O4S2. The molecule has 0 radical (unpaired) electrons.